The number of nitrogens with one attached hydrogen (secondary N) is 2. The van der Waals surface area contributed by atoms with Gasteiger partial charge in [0.1, 0.15) is 11.3 Å². The largest absolute Gasteiger partial charge is 0.361 e. The van der Waals surface area contributed by atoms with Gasteiger partial charge < -0.3 is 9.84 Å². The summed E-state index contributed by atoms with van der Waals surface area (Å²) in [5.74, 6) is -0.0110. The molecule has 1 aromatic heterocycles. The molecule has 9 heteroatoms. The van der Waals surface area contributed by atoms with Crippen LogP contribution in [0.25, 0.3) is 6.08 Å². The number of anilines is 2. The van der Waals surface area contributed by atoms with Gasteiger partial charge in [-0.15, -0.1) is 0 Å². The minimum absolute atomic E-state index is 0.303. The Kier molecular flexibility index (Phi) is 5.81. The summed E-state index contributed by atoms with van der Waals surface area (Å²) in [5.41, 5.74) is 1.73. The van der Waals surface area contributed by atoms with Gasteiger partial charge in [0.25, 0.3) is 15.9 Å². The number of nitrogens with zero attached hydrogens (tertiary/aromatic N) is 1. The zero-order valence-electron chi connectivity index (χ0n) is 14.7. The van der Waals surface area contributed by atoms with E-state index in [0.29, 0.717) is 33.3 Å². The second-order valence-electron chi connectivity index (χ2n) is 5.83. The van der Waals surface area contributed by atoms with E-state index < -0.39 is 15.9 Å². The normalized spacial score (nSPS) is 11.5. The van der Waals surface area contributed by atoms with Gasteiger partial charge in [0.2, 0.25) is 0 Å². The standard InChI is InChI=1S/C19H16ClN3O4S/c1-13-18(12-21-27-13)19(24)22-16-3-2-4-17(11-16)23-28(25,26)10-9-14-5-7-15(20)8-6-14/h2-12,23H,1H3,(H,22,24)/b10-9+. The van der Waals surface area contributed by atoms with Crippen LogP contribution in [0, 0.1) is 6.92 Å². The van der Waals surface area contributed by atoms with Crippen molar-refractivity contribution < 1.29 is 17.7 Å². The topological polar surface area (TPSA) is 101 Å². The van der Waals surface area contributed by atoms with Gasteiger partial charge in [-0.05, 0) is 48.9 Å². The summed E-state index contributed by atoms with van der Waals surface area (Å²) in [4.78, 5) is 12.2. The van der Waals surface area contributed by atoms with Crippen LogP contribution in [0.5, 0.6) is 0 Å². The number of rotatable bonds is 6. The van der Waals surface area contributed by atoms with Crippen LogP contribution < -0.4 is 10.0 Å². The highest BCUT2D eigenvalue weighted by Gasteiger charge is 2.13. The van der Waals surface area contributed by atoms with Crippen molar-refractivity contribution in [2.45, 2.75) is 6.92 Å². The van der Waals surface area contributed by atoms with Gasteiger partial charge in [0.15, 0.2) is 0 Å². The van der Waals surface area contributed by atoms with E-state index in [0.717, 1.165) is 5.41 Å². The highest BCUT2D eigenvalue weighted by molar-refractivity contribution is 7.95. The number of sulfonamides is 1. The van der Waals surface area contributed by atoms with Crippen LogP contribution in [0.2, 0.25) is 5.02 Å². The molecule has 2 N–H and O–H groups in total. The van der Waals surface area contributed by atoms with Gasteiger partial charge in [-0.25, -0.2) is 8.42 Å². The molecule has 0 aliphatic heterocycles. The van der Waals surface area contributed by atoms with Gasteiger partial charge in [0, 0.05) is 10.7 Å². The van der Waals surface area contributed by atoms with E-state index in [4.69, 9.17) is 16.1 Å². The Morgan fingerprint density at radius 2 is 1.86 bits per heavy atom. The molecule has 0 saturated heterocycles. The minimum atomic E-state index is -3.74. The zero-order chi connectivity index (χ0) is 20.1. The van der Waals surface area contributed by atoms with Gasteiger partial charge >= 0.3 is 0 Å². The molecular weight excluding hydrogens is 402 g/mol. The third-order valence-electron chi connectivity index (χ3n) is 3.69. The summed E-state index contributed by atoms with van der Waals surface area (Å²) in [7, 11) is -3.74. The summed E-state index contributed by atoms with van der Waals surface area (Å²) in [5, 5.41) is 7.85. The fourth-order valence-corrected chi connectivity index (χ4v) is 3.30. The lowest BCUT2D eigenvalue weighted by molar-refractivity contribution is 0.102. The number of halogens is 1. The number of hydrogen-bond donors (Lipinski definition) is 2. The third-order valence-corrected chi connectivity index (χ3v) is 4.95. The summed E-state index contributed by atoms with van der Waals surface area (Å²) in [6.45, 7) is 1.62. The first kappa shape index (κ1) is 19.7. The Morgan fingerprint density at radius 3 is 2.54 bits per heavy atom. The van der Waals surface area contributed by atoms with E-state index in [1.54, 1.807) is 49.4 Å². The quantitative estimate of drug-likeness (QED) is 0.622. The van der Waals surface area contributed by atoms with Crippen LogP contribution >= 0.6 is 11.6 Å². The molecule has 0 spiro atoms. The lowest BCUT2D eigenvalue weighted by Crippen LogP contribution is -2.13. The van der Waals surface area contributed by atoms with Crippen LogP contribution in [0.3, 0.4) is 0 Å². The Balaban J connectivity index is 1.70. The number of hydrogen-bond acceptors (Lipinski definition) is 5. The molecule has 0 atom stereocenters. The fourth-order valence-electron chi connectivity index (χ4n) is 2.32. The summed E-state index contributed by atoms with van der Waals surface area (Å²) in [6.07, 6.45) is 2.78. The maximum Gasteiger partial charge on any atom is 0.260 e. The van der Waals surface area contributed by atoms with Crippen LogP contribution in [0.15, 0.2) is 64.7 Å². The van der Waals surface area contributed by atoms with E-state index in [1.165, 1.54) is 18.3 Å². The van der Waals surface area contributed by atoms with Gasteiger partial charge in [0.05, 0.1) is 17.3 Å². The molecule has 0 aliphatic rings. The lowest BCUT2D eigenvalue weighted by Gasteiger charge is -2.08. The van der Waals surface area contributed by atoms with Crippen LogP contribution in [-0.2, 0) is 10.0 Å². The number of amides is 1. The number of aryl methyl sites for hydroxylation is 1. The zero-order valence-corrected chi connectivity index (χ0v) is 16.3. The van der Waals surface area contributed by atoms with Gasteiger partial charge in [-0.2, -0.15) is 0 Å². The third kappa shape index (κ3) is 5.21. The first-order chi connectivity index (χ1) is 13.3. The molecule has 28 heavy (non-hydrogen) atoms. The predicted octanol–water partition coefficient (Wildman–Crippen LogP) is 4.30. The summed E-state index contributed by atoms with van der Waals surface area (Å²) in [6, 6.07) is 13.1. The minimum Gasteiger partial charge on any atom is -0.361 e. The smallest absolute Gasteiger partial charge is 0.260 e. The van der Waals surface area contributed by atoms with Crippen molar-refractivity contribution in [2.75, 3.05) is 10.0 Å². The molecule has 7 nitrogen and oxygen atoms in total. The molecule has 0 saturated carbocycles. The summed E-state index contributed by atoms with van der Waals surface area (Å²) >= 11 is 5.81. The van der Waals surface area contributed by atoms with E-state index >= 15 is 0 Å². The molecule has 3 rings (SSSR count). The van der Waals surface area contributed by atoms with Crippen molar-refractivity contribution in [1.29, 1.82) is 0 Å². The fraction of sp³-hybridized carbons (Fsp3) is 0.0526. The van der Waals surface area contributed by atoms with Gasteiger partial charge in [-0.1, -0.05) is 35.0 Å². The summed E-state index contributed by atoms with van der Waals surface area (Å²) < 4.78 is 31.8. The molecule has 1 heterocycles. The average Bonchev–Trinajstić information content (AvgIpc) is 3.07. The molecule has 0 unspecified atom stereocenters. The monoisotopic (exact) mass is 417 g/mol. The van der Waals surface area contributed by atoms with Gasteiger partial charge in [-0.3, -0.25) is 9.52 Å². The molecule has 144 valence electrons. The average molecular weight is 418 g/mol. The lowest BCUT2D eigenvalue weighted by atomic mass is 10.2. The van der Waals surface area contributed by atoms with Crippen molar-refractivity contribution in [3.05, 3.63) is 82.0 Å². The van der Waals surface area contributed by atoms with Crippen LogP contribution in [0.1, 0.15) is 21.7 Å². The van der Waals surface area contributed by atoms with Crippen molar-refractivity contribution in [3.8, 4) is 0 Å². The molecule has 0 aliphatic carbocycles. The maximum absolute atomic E-state index is 12.3. The second-order valence-corrected chi connectivity index (χ2v) is 7.83. The van der Waals surface area contributed by atoms with Crippen LogP contribution in [-0.4, -0.2) is 19.5 Å². The molecule has 1 amide bonds. The predicted molar refractivity (Wildman–Crippen MR) is 109 cm³/mol. The van der Waals surface area contributed by atoms with Crippen LogP contribution in [0.4, 0.5) is 11.4 Å². The molecule has 2 aromatic carbocycles. The molecule has 3 aromatic rings. The van der Waals surface area contributed by atoms with Crippen molar-refractivity contribution in [3.63, 3.8) is 0 Å². The second kappa shape index (κ2) is 8.28. The van der Waals surface area contributed by atoms with Crippen molar-refractivity contribution >= 4 is 45.0 Å². The number of aromatic nitrogens is 1. The molecule has 0 radical (unpaired) electrons. The highest BCUT2D eigenvalue weighted by Crippen LogP contribution is 2.19. The SMILES string of the molecule is Cc1oncc1C(=O)Nc1cccc(NS(=O)(=O)/C=C/c2ccc(Cl)cc2)c1. The number of carbonyl (C=O) groups excluding carboxylic acids is 1. The Morgan fingerprint density at radius 1 is 1.14 bits per heavy atom. The van der Waals surface area contributed by atoms with E-state index in [9.17, 15) is 13.2 Å². The molecule has 0 bridgehead atoms. The molecule has 0 fully saturated rings. The Bertz CT molecular complexity index is 1120. The number of carbonyl (C=O) groups is 1. The maximum atomic E-state index is 12.3. The molecular formula is C19H16ClN3O4S. The highest BCUT2D eigenvalue weighted by atomic mass is 35.5. The van der Waals surface area contributed by atoms with E-state index in [2.05, 4.69) is 15.2 Å². The first-order valence-corrected chi connectivity index (χ1v) is 10.0. The number of benzene rings is 2. The van der Waals surface area contributed by atoms with Crippen molar-refractivity contribution in [2.24, 2.45) is 0 Å². The van der Waals surface area contributed by atoms with E-state index in [-0.39, 0.29) is 0 Å². The Hall–Kier alpha value is -3.10. The Labute approximate surface area is 167 Å². The first-order valence-electron chi connectivity index (χ1n) is 8.11. The van der Waals surface area contributed by atoms with Crippen molar-refractivity contribution in [1.82, 2.24) is 5.16 Å². The van der Waals surface area contributed by atoms with E-state index in [1.807, 2.05) is 0 Å².